The van der Waals surface area contributed by atoms with Gasteiger partial charge in [-0.2, -0.15) is 4.79 Å². The van der Waals surface area contributed by atoms with Crippen LogP contribution in [0.3, 0.4) is 0 Å². The van der Waals surface area contributed by atoms with Gasteiger partial charge >= 0.3 is 0 Å². The topological polar surface area (TPSA) is 34.0 Å². The summed E-state index contributed by atoms with van der Waals surface area (Å²) in [7, 11) is 0. The van der Waals surface area contributed by atoms with E-state index in [0.717, 1.165) is 13.1 Å². The SMILES string of the molecule is CC(C)(C)c1ccc(CN(Cc2ccc(-c3ccccc3)cc2)n2cncn2)cc1. The molecule has 0 saturated carbocycles. The van der Waals surface area contributed by atoms with Gasteiger partial charge in [-0.1, -0.05) is 99.6 Å². The monoisotopic (exact) mass is 396 g/mol. The third-order valence-electron chi connectivity index (χ3n) is 5.31. The molecule has 4 nitrogen and oxygen atoms in total. The summed E-state index contributed by atoms with van der Waals surface area (Å²) in [6, 6.07) is 28.1. The molecule has 0 aliphatic rings. The number of hydrogen-bond acceptors (Lipinski definition) is 3. The van der Waals surface area contributed by atoms with E-state index in [2.05, 4.69) is 109 Å². The summed E-state index contributed by atoms with van der Waals surface area (Å²) in [5.41, 5.74) is 6.44. The molecule has 30 heavy (non-hydrogen) atoms. The number of nitrogens with zero attached hydrogens (tertiary/aromatic N) is 4. The van der Waals surface area contributed by atoms with Crippen molar-refractivity contribution in [2.45, 2.75) is 39.3 Å². The van der Waals surface area contributed by atoms with E-state index in [0.29, 0.717) is 0 Å². The molecule has 3 aromatic carbocycles. The van der Waals surface area contributed by atoms with Crippen LogP contribution >= 0.6 is 0 Å². The summed E-state index contributed by atoms with van der Waals surface area (Å²) in [6.45, 7) is 8.22. The molecule has 0 N–H and O–H groups in total. The Morgan fingerprint density at radius 1 is 0.733 bits per heavy atom. The molecule has 4 heteroatoms. The van der Waals surface area contributed by atoms with Crippen LogP contribution in [0.25, 0.3) is 11.1 Å². The van der Waals surface area contributed by atoms with Gasteiger partial charge in [-0.25, -0.2) is 4.98 Å². The summed E-state index contributed by atoms with van der Waals surface area (Å²) >= 11 is 0. The van der Waals surface area contributed by atoms with Crippen LogP contribution in [0.15, 0.2) is 91.5 Å². The smallest absolute Gasteiger partial charge is 0.139 e. The Morgan fingerprint density at radius 3 is 1.83 bits per heavy atom. The molecule has 152 valence electrons. The maximum absolute atomic E-state index is 4.36. The number of rotatable bonds is 6. The van der Waals surface area contributed by atoms with E-state index in [1.54, 1.807) is 12.7 Å². The number of benzene rings is 3. The lowest BCUT2D eigenvalue weighted by molar-refractivity contribution is 0.519. The predicted octanol–water partition coefficient (Wildman–Crippen LogP) is 5.58. The van der Waals surface area contributed by atoms with Crippen LogP contribution in [0.5, 0.6) is 0 Å². The van der Waals surface area contributed by atoms with Crippen LogP contribution in [-0.2, 0) is 18.5 Å². The van der Waals surface area contributed by atoms with Gasteiger partial charge in [0.05, 0.1) is 13.1 Å². The molecule has 0 fully saturated rings. The Morgan fingerprint density at radius 2 is 1.30 bits per heavy atom. The van der Waals surface area contributed by atoms with Crippen molar-refractivity contribution in [1.29, 1.82) is 0 Å². The first kappa shape index (κ1) is 19.9. The zero-order valence-corrected chi connectivity index (χ0v) is 17.9. The lowest BCUT2D eigenvalue weighted by Gasteiger charge is -2.25. The quantitative estimate of drug-likeness (QED) is 0.427. The lowest BCUT2D eigenvalue weighted by Crippen LogP contribution is -2.33. The third kappa shape index (κ3) is 4.77. The first-order chi connectivity index (χ1) is 14.5. The molecule has 4 aromatic rings. The minimum Gasteiger partial charge on any atom is -0.287 e. The second-order valence-corrected chi connectivity index (χ2v) is 8.65. The summed E-state index contributed by atoms with van der Waals surface area (Å²) in [4.78, 5) is 5.96. The highest BCUT2D eigenvalue weighted by atomic mass is 15.7. The van der Waals surface area contributed by atoms with Gasteiger partial charge < -0.3 is 0 Å². The maximum atomic E-state index is 4.36. The van der Waals surface area contributed by atoms with Crippen molar-refractivity contribution >= 4 is 0 Å². The molecule has 1 heterocycles. The zero-order chi connectivity index (χ0) is 21.0. The van der Waals surface area contributed by atoms with Crippen LogP contribution in [0.2, 0.25) is 0 Å². The van der Waals surface area contributed by atoms with Crippen LogP contribution in [-0.4, -0.2) is 14.9 Å². The van der Waals surface area contributed by atoms with Gasteiger partial charge in [0.1, 0.15) is 12.7 Å². The Balaban J connectivity index is 1.52. The second kappa shape index (κ2) is 8.54. The average molecular weight is 397 g/mol. The molecule has 1 aromatic heterocycles. The standard InChI is InChI=1S/C26H28N4/c1-26(2,3)25-15-11-22(12-16-25)18-29(30-20-27-19-28-30)17-21-9-13-24(14-10-21)23-7-5-4-6-8-23/h4-16,19-20H,17-18H2,1-3H3. The lowest BCUT2D eigenvalue weighted by atomic mass is 9.87. The molecular weight excluding hydrogens is 368 g/mol. The summed E-state index contributed by atoms with van der Waals surface area (Å²) in [5.74, 6) is 0. The Labute approximate surface area is 178 Å². The van der Waals surface area contributed by atoms with Crippen molar-refractivity contribution < 1.29 is 0 Å². The molecule has 0 atom stereocenters. The zero-order valence-electron chi connectivity index (χ0n) is 17.9. The van der Waals surface area contributed by atoms with E-state index in [1.165, 1.54) is 27.8 Å². The van der Waals surface area contributed by atoms with Gasteiger partial charge in [0.25, 0.3) is 0 Å². The van der Waals surface area contributed by atoms with Crippen LogP contribution in [0.4, 0.5) is 0 Å². The molecule has 0 radical (unpaired) electrons. The molecule has 4 rings (SSSR count). The summed E-state index contributed by atoms with van der Waals surface area (Å²) in [5, 5.41) is 6.55. The van der Waals surface area contributed by atoms with Crippen molar-refractivity contribution in [2.75, 3.05) is 5.01 Å². The Bertz CT molecular complexity index is 1040. The number of hydrogen-bond donors (Lipinski definition) is 0. The summed E-state index contributed by atoms with van der Waals surface area (Å²) < 4.78 is 0. The highest BCUT2D eigenvalue weighted by Gasteiger charge is 2.14. The average Bonchev–Trinajstić information content (AvgIpc) is 3.29. The van der Waals surface area contributed by atoms with Crippen LogP contribution in [0.1, 0.15) is 37.5 Å². The van der Waals surface area contributed by atoms with Gasteiger partial charge in [0.2, 0.25) is 0 Å². The summed E-state index contributed by atoms with van der Waals surface area (Å²) in [6.07, 6.45) is 3.33. The largest absolute Gasteiger partial charge is 0.287 e. The van der Waals surface area contributed by atoms with E-state index >= 15 is 0 Å². The maximum Gasteiger partial charge on any atom is 0.139 e. The van der Waals surface area contributed by atoms with E-state index < -0.39 is 0 Å². The van der Waals surface area contributed by atoms with Crippen LogP contribution < -0.4 is 5.01 Å². The minimum absolute atomic E-state index is 0.157. The van der Waals surface area contributed by atoms with E-state index in [9.17, 15) is 0 Å². The van der Waals surface area contributed by atoms with E-state index in [-0.39, 0.29) is 5.41 Å². The second-order valence-electron chi connectivity index (χ2n) is 8.65. The first-order valence-corrected chi connectivity index (χ1v) is 10.3. The van der Waals surface area contributed by atoms with Gasteiger partial charge in [-0.15, -0.1) is 5.10 Å². The van der Waals surface area contributed by atoms with Gasteiger partial charge in [-0.3, -0.25) is 5.01 Å². The molecule has 0 bridgehead atoms. The Hall–Kier alpha value is -3.40. The third-order valence-corrected chi connectivity index (χ3v) is 5.31. The van der Waals surface area contributed by atoms with Gasteiger partial charge in [-0.05, 0) is 33.2 Å². The molecule has 0 aliphatic carbocycles. The van der Waals surface area contributed by atoms with Crippen molar-refractivity contribution in [1.82, 2.24) is 14.9 Å². The molecule has 0 spiro atoms. The first-order valence-electron chi connectivity index (χ1n) is 10.3. The highest BCUT2D eigenvalue weighted by molar-refractivity contribution is 5.63. The van der Waals surface area contributed by atoms with E-state index in [4.69, 9.17) is 0 Å². The molecule has 0 unspecified atom stereocenters. The van der Waals surface area contributed by atoms with Crippen molar-refractivity contribution in [3.05, 3.63) is 108 Å². The van der Waals surface area contributed by atoms with E-state index in [1.807, 2.05) is 10.9 Å². The highest BCUT2D eigenvalue weighted by Crippen LogP contribution is 2.23. The minimum atomic E-state index is 0.157. The predicted molar refractivity (Wildman–Crippen MR) is 123 cm³/mol. The molecular formula is C26H28N4. The number of aromatic nitrogens is 3. The van der Waals surface area contributed by atoms with Crippen molar-refractivity contribution in [3.63, 3.8) is 0 Å². The Kier molecular flexibility index (Phi) is 5.66. The molecule has 0 saturated heterocycles. The van der Waals surface area contributed by atoms with Crippen molar-refractivity contribution in [3.8, 4) is 11.1 Å². The fourth-order valence-electron chi connectivity index (χ4n) is 3.51. The fourth-order valence-corrected chi connectivity index (χ4v) is 3.51. The van der Waals surface area contributed by atoms with Gasteiger partial charge in [0.15, 0.2) is 0 Å². The fraction of sp³-hybridized carbons (Fsp3) is 0.231. The van der Waals surface area contributed by atoms with Crippen LogP contribution in [0, 0.1) is 0 Å². The van der Waals surface area contributed by atoms with Gasteiger partial charge in [0, 0.05) is 0 Å². The molecule has 0 amide bonds. The normalized spacial score (nSPS) is 11.4. The molecule has 0 aliphatic heterocycles. The van der Waals surface area contributed by atoms with Crippen molar-refractivity contribution in [2.24, 2.45) is 0 Å².